The fourth-order valence-electron chi connectivity index (χ4n) is 0.718. The maximum absolute atomic E-state index is 11.0. The topological polar surface area (TPSA) is 29.5 Å². The first-order valence-corrected chi connectivity index (χ1v) is 3.48. The molecule has 0 aromatic carbocycles. The lowest BCUT2D eigenvalue weighted by molar-refractivity contribution is 0.130. The predicted molar refractivity (Wildman–Crippen MR) is 41.4 cm³/mol. The van der Waals surface area contributed by atoms with E-state index in [0.717, 1.165) is 0 Å². The molecule has 11 heavy (non-hydrogen) atoms. The summed E-state index contributed by atoms with van der Waals surface area (Å²) in [7, 11) is 0. The van der Waals surface area contributed by atoms with Gasteiger partial charge in [0.1, 0.15) is 0 Å². The van der Waals surface area contributed by atoms with E-state index in [1.807, 2.05) is 6.08 Å². The maximum atomic E-state index is 11.0. The fraction of sp³-hybridized carbons (Fsp3) is 0.250. The number of amides is 1. The largest absolute Gasteiger partial charge is 0.449 e. The summed E-state index contributed by atoms with van der Waals surface area (Å²) in [5.74, 6) is 0. The second kappa shape index (κ2) is 3.81. The average Bonchev–Trinajstić information content (AvgIpc) is 2.07. The summed E-state index contributed by atoms with van der Waals surface area (Å²) in [6, 6.07) is 0. The number of nitrogens with zero attached hydrogens (tertiary/aromatic N) is 1. The van der Waals surface area contributed by atoms with Crippen molar-refractivity contribution in [1.29, 1.82) is 0 Å². The first kappa shape index (κ1) is 7.85. The quantitative estimate of drug-likeness (QED) is 0.572. The van der Waals surface area contributed by atoms with Crippen molar-refractivity contribution in [2.45, 2.75) is 6.92 Å². The van der Waals surface area contributed by atoms with E-state index < -0.39 is 0 Å². The molecule has 1 heterocycles. The van der Waals surface area contributed by atoms with Gasteiger partial charge in [-0.1, -0.05) is 12.2 Å². The first-order chi connectivity index (χ1) is 5.34. The summed E-state index contributed by atoms with van der Waals surface area (Å²) in [5.41, 5.74) is 0. The predicted octanol–water partition coefficient (Wildman–Crippen LogP) is 1.69. The van der Waals surface area contributed by atoms with E-state index in [2.05, 4.69) is 0 Å². The summed E-state index contributed by atoms with van der Waals surface area (Å²) >= 11 is 0. The molecule has 0 atom stereocenters. The molecule has 1 aliphatic rings. The Morgan fingerprint density at radius 1 is 1.45 bits per heavy atom. The van der Waals surface area contributed by atoms with Gasteiger partial charge in [0.15, 0.2) is 0 Å². The zero-order valence-electron chi connectivity index (χ0n) is 6.36. The van der Waals surface area contributed by atoms with Gasteiger partial charge >= 0.3 is 6.09 Å². The van der Waals surface area contributed by atoms with Gasteiger partial charge in [0.05, 0.1) is 13.2 Å². The van der Waals surface area contributed by atoms with E-state index in [-0.39, 0.29) is 6.09 Å². The van der Waals surface area contributed by atoms with Crippen LogP contribution in [0.3, 0.4) is 0 Å². The van der Waals surface area contributed by atoms with Crippen molar-refractivity contribution in [3.63, 3.8) is 0 Å². The normalized spacial score (nSPS) is 15.2. The van der Waals surface area contributed by atoms with Crippen LogP contribution in [0.4, 0.5) is 4.79 Å². The van der Waals surface area contributed by atoms with Crippen LogP contribution < -0.4 is 0 Å². The Kier molecular flexibility index (Phi) is 2.72. The molecule has 1 amide bonds. The number of hydrogen-bond donors (Lipinski definition) is 0. The molecule has 1 radical (unpaired) electrons. The smallest absolute Gasteiger partial charge is 0.414 e. The molecule has 0 bridgehead atoms. The lowest BCUT2D eigenvalue weighted by atomic mass is 10.4. The Bertz CT molecular complexity index is 196. The van der Waals surface area contributed by atoms with E-state index in [1.165, 1.54) is 4.90 Å². The van der Waals surface area contributed by atoms with E-state index >= 15 is 0 Å². The molecule has 0 saturated carbocycles. The van der Waals surface area contributed by atoms with Crippen molar-refractivity contribution in [2.75, 3.05) is 6.61 Å². The highest BCUT2D eigenvalue weighted by atomic mass is 16.6. The molecule has 1 aliphatic heterocycles. The Hall–Kier alpha value is -1.25. The Morgan fingerprint density at radius 3 is 2.82 bits per heavy atom. The van der Waals surface area contributed by atoms with Crippen LogP contribution in [-0.4, -0.2) is 17.6 Å². The number of rotatable bonds is 1. The summed E-state index contributed by atoms with van der Waals surface area (Å²) in [5, 5.41) is 0. The summed E-state index contributed by atoms with van der Waals surface area (Å²) in [6.45, 7) is 3.83. The van der Waals surface area contributed by atoms with Crippen molar-refractivity contribution < 1.29 is 9.53 Å². The summed E-state index contributed by atoms with van der Waals surface area (Å²) in [4.78, 5) is 12.4. The minimum atomic E-state index is -0.340. The highest BCUT2D eigenvalue weighted by molar-refractivity contribution is 5.70. The number of ether oxygens (including phenoxy) is 1. The van der Waals surface area contributed by atoms with Gasteiger partial charge < -0.3 is 4.74 Å². The van der Waals surface area contributed by atoms with Crippen LogP contribution in [-0.2, 0) is 4.74 Å². The second-order valence-corrected chi connectivity index (χ2v) is 1.98. The lowest BCUT2D eigenvalue weighted by Crippen LogP contribution is -2.24. The van der Waals surface area contributed by atoms with Gasteiger partial charge in [-0.25, -0.2) is 4.79 Å². The molecule has 0 fully saturated rings. The summed E-state index contributed by atoms with van der Waals surface area (Å²) < 4.78 is 4.75. The van der Waals surface area contributed by atoms with E-state index in [9.17, 15) is 4.79 Å². The zero-order chi connectivity index (χ0) is 8.10. The molecule has 0 saturated heterocycles. The van der Waals surface area contributed by atoms with Gasteiger partial charge in [-0.05, 0) is 13.0 Å². The number of carbonyl (C=O) groups is 1. The molecule has 0 unspecified atom stereocenters. The molecule has 0 aliphatic carbocycles. The van der Waals surface area contributed by atoms with Gasteiger partial charge in [-0.15, -0.1) is 0 Å². The minimum absolute atomic E-state index is 0.340. The third kappa shape index (κ3) is 2.11. The SMILES string of the molecule is CCOC(=O)N1[CH]C=CC=C1. The molecule has 0 aromatic heterocycles. The monoisotopic (exact) mass is 152 g/mol. The lowest BCUT2D eigenvalue weighted by Gasteiger charge is -2.16. The molecule has 3 heteroatoms. The van der Waals surface area contributed by atoms with Crippen LogP contribution in [0.2, 0.25) is 0 Å². The van der Waals surface area contributed by atoms with Gasteiger partial charge in [-0.2, -0.15) is 0 Å². The third-order valence-corrected chi connectivity index (χ3v) is 1.19. The first-order valence-electron chi connectivity index (χ1n) is 3.48. The molecule has 3 nitrogen and oxygen atoms in total. The van der Waals surface area contributed by atoms with Crippen molar-refractivity contribution in [3.8, 4) is 0 Å². The van der Waals surface area contributed by atoms with Crippen molar-refractivity contribution in [3.05, 3.63) is 31.0 Å². The Morgan fingerprint density at radius 2 is 2.27 bits per heavy atom. The average molecular weight is 152 g/mol. The highest BCUT2D eigenvalue weighted by Gasteiger charge is 2.10. The van der Waals surface area contributed by atoms with Gasteiger partial charge in [0.25, 0.3) is 0 Å². The number of carbonyl (C=O) groups excluding carboxylic acids is 1. The van der Waals surface area contributed by atoms with Gasteiger partial charge in [0, 0.05) is 6.20 Å². The number of hydrogen-bond acceptors (Lipinski definition) is 2. The van der Waals surface area contributed by atoms with Crippen LogP contribution in [0.25, 0.3) is 0 Å². The van der Waals surface area contributed by atoms with Gasteiger partial charge in [-0.3, -0.25) is 4.90 Å². The van der Waals surface area contributed by atoms with Crippen molar-refractivity contribution >= 4 is 6.09 Å². The summed E-state index contributed by atoms with van der Waals surface area (Å²) in [6.07, 6.45) is 6.70. The van der Waals surface area contributed by atoms with E-state index in [1.54, 1.807) is 31.8 Å². The van der Waals surface area contributed by atoms with Crippen LogP contribution >= 0.6 is 0 Å². The molecule has 0 N–H and O–H groups in total. The van der Waals surface area contributed by atoms with Gasteiger partial charge in [0.2, 0.25) is 0 Å². The molecule has 1 rings (SSSR count). The standard InChI is InChI=1S/C8H10NO2/c1-2-11-8(10)9-6-4-3-5-7-9/h3-7H,2H2,1H3. The molecule has 0 aromatic rings. The van der Waals surface area contributed by atoms with E-state index in [4.69, 9.17) is 4.74 Å². The van der Waals surface area contributed by atoms with E-state index in [0.29, 0.717) is 6.61 Å². The zero-order valence-corrected chi connectivity index (χ0v) is 6.36. The van der Waals surface area contributed by atoms with Crippen LogP contribution in [0.1, 0.15) is 6.92 Å². The Balaban J connectivity index is 2.42. The van der Waals surface area contributed by atoms with Crippen LogP contribution in [0.5, 0.6) is 0 Å². The van der Waals surface area contributed by atoms with Crippen molar-refractivity contribution in [2.24, 2.45) is 0 Å². The third-order valence-electron chi connectivity index (χ3n) is 1.19. The minimum Gasteiger partial charge on any atom is -0.449 e. The molecule has 0 spiro atoms. The number of allylic oxidation sites excluding steroid dienone is 2. The van der Waals surface area contributed by atoms with Crippen LogP contribution in [0.15, 0.2) is 24.4 Å². The Labute approximate surface area is 65.9 Å². The molecular formula is C8H10NO2. The fourth-order valence-corrected chi connectivity index (χ4v) is 0.718. The van der Waals surface area contributed by atoms with Crippen molar-refractivity contribution in [1.82, 2.24) is 4.90 Å². The maximum Gasteiger partial charge on any atom is 0.414 e. The van der Waals surface area contributed by atoms with Crippen LogP contribution in [0, 0.1) is 6.54 Å². The second-order valence-electron chi connectivity index (χ2n) is 1.98. The molecular weight excluding hydrogens is 142 g/mol. The molecule has 59 valence electrons. The highest BCUT2D eigenvalue weighted by Crippen LogP contribution is 2.04.